The normalized spacial score (nSPS) is 15.3. The van der Waals surface area contributed by atoms with Gasteiger partial charge < -0.3 is 5.32 Å². The molecule has 0 saturated heterocycles. The number of amides is 1. The molecule has 1 aliphatic heterocycles. The van der Waals surface area contributed by atoms with Crippen molar-refractivity contribution < 1.29 is 4.79 Å². The number of rotatable bonds is 1. The molecule has 0 saturated carbocycles. The van der Waals surface area contributed by atoms with E-state index in [4.69, 9.17) is 0 Å². The minimum Gasteiger partial charge on any atom is -0.321 e. The zero-order chi connectivity index (χ0) is 18.7. The molecule has 0 fully saturated rings. The van der Waals surface area contributed by atoms with Crippen molar-refractivity contribution in [2.45, 2.75) is 0 Å². The summed E-state index contributed by atoms with van der Waals surface area (Å²) in [6, 6.07) is 13.0. The molecule has 0 bridgehead atoms. The van der Waals surface area contributed by atoms with E-state index >= 15 is 0 Å². The zero-order valence-corrected chi connectivity index (χ0v) is 17.4. The molecule has 9 heteroatoms. The third kappa shape index (κ3) is 2.57. The average molecular weight is 504 g/mol. The summed E-state index contributed by atoms with van der Waals surface area (Å²) in [5, 5.41) is 11.1. The van der Waals surface area contributed by atoms with Crippen LogP contribution in [-0.2, 0) is 4.79 Å². The lowest BCUT2D eigenvalue weighted by Gasteiger charge is -1.98. The molecule has 3 heterocycles. The van der Waals surface area contributed by atoms with Gasteiger partial charge in [0.05, 0.1) is 5.57 Å². The van der Waals surface area contributed by atoms with E-state index in [1.54, 1.807) is 0 Å². The molecule has 1 amide bonds. The van der Waals surface area contributed by atoms with Crippen LogP contribution in [0.15, 0.2) is 56.2 Å². The molecule has 132 valence electrons. The van der Waals surface area contributed by atoms with Crippen molar-refractivity contribution in [2.75, 3.05) is 5.32 Å². The number of halogens is 2. The van der Waals surface area contributed by atoms with E-state index < -0.39 is 0 Å². The summed E-state index contributed by atoms with van der Waals surface area (Å²) in [6.45, 7) is 0. The Morgan fingerprint density at radius 3 is 2.48 bits per heavy atom. The van der Waals surface area contributed by atoms with Gasteiger partial charge in [0, 0.05) is 25.8 Å². The van der Waals surface area contributed by atoms with E-state index in [-0.39, 0.29) is 11.5 Å². The first-order valence-electron chi connectivity index (χ1n) is 7.82. The van der Waals surface area contributed by atoms with E-state index in [1.165, 1.54) is 15.7 Å². The van der Waals surface area contributed by atoms with Crippen LogP contribution in [0, 0.1) is 0 Å². The van der Waals surface area contributed by atoms with Gasteiger partial charge in [0.2, 0.25) is 4.96 Å². The van der Waals surface area contributed by atoms with Crippen molar-refractivity contribution in [1.29, 1.82) is 0 Å². The number of carbonyl (C=O) groups excluding carboxylic acids is 1. The molecule has 0 aliphatic carbocycles. The summed E-state index contributed by atoms with van der Waals surface area (Å²) >= 11 is 7.98. The van der Waals surface area contributed by atoms with Crippen molar-refractivity contribution in [1.82, 2.24) is 14.6 Å². The second kappa shape index (κ2) is 6.08. The first kappa shape index (κ1) is 16.8. The number of hydrogen-bond donors (Lipinski definition) is 1. The Labute approximate surface area is 172 Å². The Hall–Kier alpha value is -2.36. The number of aromatic nitrogens is 3. The fraction of sp³-hybridized carbons (Fsp3) is 0. The van der Waals surface area contributed by atoms with Gasteiger partial charge in [0.25, 0.3) is 11.5 Å². The number of anilines is 1. The van der Waals surface area contributed by atoms with Crippen molar-refractivity contribution >= 4 is 65.3 Å². The molecule has 27 heavy (non-hydrogen) atoms. The maximum atomic E-state index is 13.1. The van der Waals surface area contributed by atoms with Crippen LogP contribution >= 0.6 is 43.2 Å². The van der Waals surface area contributed by atoms with Gasteiger partial charge in [-0.2, -0.15) is 0 Å². The number of benzene rings is 2. The highest BCUT2D eigenvalue weighted by atomic mass is 79.9. The van der Waals surface area contributed by atoms with Gasteiger partial charge in [-0.15, -0.1) is 10.2 Å². The van der Waals surface area contributed by atoms with Gasteiger partial charge in [-0.1, -0.05) is 55.3 Å². The molecular formula is C18H8Br2N4O2S. The van der Waals surface area contributed by atoms with Gasteiger partial charge in [0.1, 0.15) is 4.53 Å². The molecule has 0 atom stereocenters. The molecule has 4 aromatic rings. The number of carbonyl (C=O) groups is 1. The monoisotopic (exact) mass is 502 g/mol. The Balaban J connectivity index is 1.82. The maximum Gasteiger partial charge on any atom is 0.277 e. The lowest BCUT2D eigenvalue weighted by molar-refractivity contribution is -0.110. The molecule has 0 radical (unpaired) electrons. The highest BCUT2D eigenvalue weighted by molar-refractivity contribution is 9.10. The number of nitrogens with one attached hydrogen (secondary N) is 1. The smallest absolute Gasteiger partial charge is 0.277 e. The summed E-state index contributed by atoms with van der Waals surface area (Å²) in [7, 11) is 0. The SMILES string of the molecule is O=C1Nc2ccc(Br)cc2C1=c1sc2nnc(-c3ccc(Br)cc3)n2c1=O. The van der Waals surface area contributed by atoms with Crippen LogP contribution in [0.5, 0.6) is 0 Å². The van der Waals surface area contributed by atoms with Crippen molar-refractivity contribution in [3.63, 3.8) is 0 Å². The van der Waals surface area contributed by atoms with Crippen LogP contribution in [-0.4, -0.2) is 20.5 Å². The number of fused-ring (bicyclic) bond motifs is 2. The number of hydrogen-bond acceptors (Lipinski definition) is 5. The highest BCUT2D eigenvalue weighted by Crippen LogP contribution is 2.32. The van der Waals surface area contributed by atoms with Crippen LogP contribution in [0.25, 0.3) is 21.9 Å². The van der Waals surface area contributed by atoms with Crippen LogP contribution in [0.2, 0.25) is 0 Å². The molecular weight excluding hydrogens is 496 g/mol. The van der Waals surface area contributed by atoms with E-state index in [2.05, 4.69) is 47.4 Å². The first-order valence-corrected chi connectivity index (χ1v) is 10.2. The summed E-state index contributed by atoms with van der Waals surface area (Å²) in [4.78, 5) is 26.1. The first-order chi connectivity index (χ1) is 13.0. The largest absolute Gasteiger partial charge is 0.321 e. The molecule has 2 aromatic carbocycles. The third-order valence-corrected chi connectivity index (χ3v) is 6.33. The minimum atomic E-state index is -0.295. The lowest BCUT2D eigenvalue weighted by atomic mass is 10.1. The molecule has 1 N–H and O–H groups in total. The average Bonchev–Trinajstić information content (AvgIpc) is 3.28. The Morgan fingerprint density at radius 2 is 1.70 bits per heavy atom. The third-order valence-electron chi connectivity index (χ3n) is 4.28. The Bertz CT molecular complexity index is 1360. The standard InChI is InChI=1S/C18H8Br2N4O2S/c19-9-3-1-8(2-4-9)15-22-23-18-24(15)17(26)14(27-18)13-11-7-10(20)5-6-12(11)21-16(13)25/h1-7H,(H,21,25). The van der Waals surface area contributed by atoms with Gasteiger partial charge >= 0.3 is 0 Å². The highest BCUT2D eigenvalue weighted by Gasteiger charge is 2.28. The zero-order valence-electron chi connectivity index (χ0n) is 13.4. The van der Waals surface area contributed by atoms with Gasteiger partial charge in [0.15, 0.2) is 5.82 Å². The van der Waals surface area contributed by atoms with Gasteiger partial charge in [-0.3, -0.25) is 9.59 Å². The Morgan fingerprint density at radius 1 is 0.963 bits per heavy atom. The van der Waals surface area contributed by atoms with Gasteiger partial charge in [-0.05, 0) is 30.3 Å². The van der Waals surface area contributed by atoms with Crippen LogP contribution in [0.4, 0.5) is 5.69 Å². The van der Waals surface area contributed by atoms with Crippen LogP contribution in [0.1, 0.15) is 5.56 Å². The molecule has 0 spiro atoms. The van der Waals surface area contributed by atoms with E-state index in [9.17, 15) is 9.59 Å². The fourth-order valence-electron chi connectivity index (χ4n) is 3.06. The van der Waals surface area contributed by atoms with Crippen LogP contribution in [0.3, 0.4) is 0 Å². The minimum absolute atomic E-state index is 0.289. The van der Waals surface area contributed by atoms with Crippen molar-refractivity contribution in [3.05, 3.63) is 71.9 Å². The topological polar surface area (TPSA) is 76.4 Å². The molecule has 5 rings (SSSR count). The van der Waals surface area contributed by atoms with Crippen LogP contribution < -0.4 is 15.4 Å². The van der Waals surface area contributed by atoms with E-state index in [0.29, 0.717) is 32.1 Å². The van der Waals surface area contributed by atoms with E-state index in [0.717, 1.165) is 14.5 Å². The summed E-state index contributed by atoms with van der Waals surface area (Å²) in [6.07, 6.45) is 0. The number of nitrogens with zero attached hydrogens (tertiary/aromatic N) is 3. The predicted molar refractivity (Wildman–Crippen MR) is 111 cm³/mol. The molecule has 1 aliphatic rings. The van der Waals surface area contributed by atoms with Crippen molar-refractivity contribution in [2.24, 2.45) is 0 Å². The predicted octanol–water partition coefficient (Wildman–Crippen LogP) is 3.21. The second-order valence-electron chi connectivity index (χ2n) is 5.90. The molecule has 2 aromatic heterocycles. The fourth-order valence-corrected chi connectivity index (χ4v) is 4.70. The molecule has 0 unspecified atom stereocenters. The molecule has 6 nitrogen and oxygen atoms in total. The lowest BCUT2D eigenvalue weighted by Crippen LogP contribution is -2.28. The number of thiazole rings is 1. The second-order valence-corrected chi connectivity index (χ2v) is 8.71. The van der Waals surface area contributed by atoms with E-state index in [1.807, 2.05) is 42.5 Å². The van der Waals surface area contributed by atoms with Gasteiger partial charge in [-0.25, -0.2) is 4.40 Å². The summed E-state index contributed by atoms with van der Waals surface area (Å²) in [5.41, 5.74) is 2.24. The Kier molecular flexibility index (Phi) is 3.78. The summed E-state index contributed by atoms with van der Waals surface area (Å²) in [5.74, 6) is 0.168. The summed E-state index contributed by atoms with van der Waals surface area (Å²) < 4.78 is 3.58. The maximum absolute atomic E-state index is 13.1. The van der Waals surface area contributed by atoms with Crippen molar-refractivity contribution in [3.8, 4) is 11.4 Å². The quantitative estimate of drug-likeness (QED) is 0.432.